The first-order chi connectivity index (χ1) is 10.7. The van der Waals surface area contributed by atoms with Gasteiger partial charge in [-0.1, -0.05) is 0 Å². The van der Waals surface area contributed by atoms with E-state index >= 15 is 0 Å². The monoisotopic (exact) mass is 359 g/mol. The van der Waals surface area contributed by atoms with Crippen molar-refractivity contribution in [2.45, 2.75) is 39.0 Å². The molecule has 1 rings (SSSR count). The Morgan fingerprint density at radius 3 is 2.78 bits per heavy atom. The molecule has 0 aliphatic heterocycles. The van der Waals surface area contributed by atoms with Crippen LogP contribution in [0.5, 0.6) is 0 Å². The van der Waals surface area contributed by atoms with Crippen LogP contribution in [0.3, 0.4) is 0 Å². The molecule has 0 unspecified atom stereocenters. The molecule has 23 heavy (non-hydrogen) atoms. The number of esters is 1. The van der Waals surface area contributed by atoms with Gasteiger partial charge in [-0.25, -0.2) is 10.4 Å². The van der Waals surface area contributed by atoms with Gasteiger partial charge in [0.05, 0.1) is 12.0 Å². The molecular formula is C14H25N5O2S2. The Balaban J connectivity index is 2.29. The molecule has 0 atom stereocenters. The van der Waals surface area contributed by atoms with Gasteiger partial charge in [-0.15, -0.1) is 0 Å². The first-order valence-corrected chi connectivity index (χ1v) is 8.84. The van der Waals surface area contributed by atoms with E-state index < -0.39 is 5.60 Å². The fourth-order valence-corrected chi connectivity index (χ4v) is 2.66. The third-order valence-electron chi connectivity index (χ3n) is 2.70. The van der Waals surface area contributed by atoms with Gasteiger partial charge >= 0.3 is 5.97 Å². The van der Waals surface area contributed by atoms with Crippen LogP contribution in [0.1, 0.15) is 32.2 Å². The van der Waals surface area contributed by atoms with Gasteiger partial charge in [0.1, 0.15) is 12.1 Å². The quantitative estimate of drug-likeness (QED) is 0.277. The van der Waals surface area contributed by atoms with E-state index in [9.17, 15) is 4.79 Å². The molecule has 0 bridgehead atoms. The summed E-state index contributed by atoms with van der Waals surface area (Å²) in [5, 5.41) is 1.55. The van der Waals surface area contributed by atoms with Crippen LogP contribution in [0, 0.1) is 6.92 Å². The van der Waals surface area contributed by atoms with Crippen LogP contribution >= 0.6 is 24.0 Å². The maximum absolute atomic E-state index is 11.8. The Morgan fingerprint density at radius 1 is 1.57 bits per heavy atom. The molecule has 7 nitrogen and oxygen atoms in total. The zero-order valence-electron chi connectivity index (χ0n) is 14.0. The fraction of sp³-hybridized carbons (Fsp3) is 0.643. The largest absolute Gasteiger partial charge is 0.459 e. The van der Waals surface area contributed by atoms with Crippen LogP contribution in [0.2, 0.25) is 0 Å². The highest BCUT2D eigenvalue weighted by Crippen LogP contribution is 2.11. The number of nitrogens with zero attached hydrogens (tertiary/aromatic N) is 2. The predicted octanol–water partition coefficient (Wildman–Crippen LogP) is 1.34. The van der Waals surface area contributed by atoms with E-state index in [0.717, 1.165) is 22.9 Å². The smallest absolute Gasteiger partial charge is 0.327 e. The minimum Gasteiger partial charge on any atom is -0.459 e. The van der Waals surface area contributed by atoms with Crippen molar-refractivity contribution in [2.24, 2.45) is 5.73 Å². The summed E-state index contributed by atoms with van der Waals surface area (Å²) in [4.78, 5) is 19.1. The molecule has 0 radical (unpaired) electrons. The van der Waals surface area contributed by atoms with Crippen LogP contribution in [-0.4, -0.2) is 50.5 Å². The van der Waals surface area contributed by atoms with E-state index in [2.05, 4.69) is 15.4 Å². The Bertz CT molecular complexity index is 527. The lowest BCUT2D eigenvalue weighted by Gasteiger charge is -2.25. The minimum atomic E-state index is -0.532. The van der Waals surface area contributed by atoms with Crippen LogP contribution in [0.4, 0.5) is 0 Å². The van der Waals surface area contributed by atoms with Gasteiger partial charge in [-0.3, -0.25) is 9.80 Å². The highest BCUT2D eigenvalue weighted by Gasteiger charge is 2.19. The number of hydrogen-bond acceptors (Lipinski definition) is 6. The van der Waals surface area contributed by atoms with Gasteiger partial charge in [-0.2, -0.15) is 11.8 Å². The first kappa shape index (κ1) is 19.7. The fourth-order valence-electron chi connectivity index (χ4n) is 1.67. The second-order valence-electron chi connectivity index (χ2n) is 5.95. The van der Waals surface area contributed by atoms with Crippen LogP contribution < -0.4 is 11.2 Å². The van der Waals surface area contributed by atoms with Crippen molar-refractivity contribution in [3.8, 4) is 0 Å². The van der Waals surface area contributed by atoms with Gasteiger partial charge in [0.2, 0.25) is 0 Å². The molecular weight excluding hydrogens is 334 g/mol. The molecule has 4 N–H and O–H groups in total. The van der Waals surface area contributed by atoms with Gasteiger partial charge in [0.25, 0.3) is 0 Å². The summed E-state index contributed by atoms with van der Waals surface area (Å²) in [5.41, 5.74) is 10.3. The van der Waals surface area contributed by atoms with E-state index in [-0.39, 0.29) is 17.6 Å². The Kier molecular flexibility index (Phi) is 7.80. The molecule has 0 fully saturated rings. The van der Waals surface area contributed by atoms with Crippen LogP contribution in [-0.2, 0) is 15.3 Å². The number of H-pyrrole nitrogens is 1. The van der Waals surface area contributed by atoms with E-state index in [1.807, 2.05) is 27.7 Å². The highest BCUT2D eigenvalue weighted by molar-refractivity contribution is 7.98. The summed E-state index contributed by atoms with van der Waals surface area (Å²) in [5.74, 6) is 1.29. The average Bonchev–Trinajstić information content (AvgIpc) is 2.80. The second kappa shape index (κ2) is 9.09. The zero-order chi connectivity index (χ0) is 17.5. The maximum Gasteiger partial charge on any atom is 0.327 e. The molecule has 130 valence electrons. The standard InChI is InChI=1S/C14H25N5O2S2/c1-10-11(17-9-16-10)8-23-6-5-18-19(13(15)22)7-12(20)21-14(2,3)4/h9,18H,5-8H2,1-4H3,(H2,15,22)(H,16,17). The number of aromatic amines is 1. The molecule has 0 saturated carbocycles. The van der Waals surface area contributed by atoms with E-state index in [1.54, 1.807) is 18.1 Å². The molecule has 0 aliphatic carbocycles. The number of aromatic nitrogens is 2. The Labute approximate surface area is 146 Å². The number of nitrogens with two attached hydrogens (primary N) is 1. The maximum atomic E-state index is 11.8. The summed E-state index contributed by atoms with van der Waals surface area (Å²) in [6.45, 7) is 8.06. The van der Waals surface area contributed by atoms with E-state index in [4.69, 9.17) is 22.7 Å². The van der Waals surface area contributed by atoms with Crippen LogP contribution in [0.15, 0.2) is 6.33 Å². The van der Waals surface area contributed by atoms with Gasteiger partial charge in [0, 0.05) is 23.7 Å². The number of carbonyl (C=O) groups is 1. The molecule has 0 amide bonds. The topological polar surface area (TPSA) is 96.3 Å². The van der Waals surface area contributed by atoms with Crippen molar-refractivity contribution in [3.05, 3.63) is 17.7 Å². The third kappa shape index (κ3) is 8.19. The molecule has 0 aliphatic rings. The SMILES string of the molecule is Cc1[nH]cnc1CSCCNN(CC(=O)OC(C)(C)C)C(N)=S. The number of aryl methyl sites for hydroxylation is 1. The van der Waals surface area contributed by atoms with Gasteiger partial charge < -0.3 is 15.5 Å². The van der Waals surface area contributed by atoms with Crippen molar-refractivity contribution in [1.82, 2.24) is 20.4 Å². The first-order valence-electron chi connectivity index (χ1n) is 7.28. The lowest BCUT2D eigenvalue weighted by molar-refractivity contribution is -0.155. The van der Waals surface area contributed by atoms with Gasteiger partial charge in [0.15, 0.2) is 5.11 Å². The minimum absolute atomic E-state index is 0.0181. The summed E-state index contributed by atoms with van der Waals surface area (Å²) in [6, 6.07) is 0. The average molecular weight is 360 g/mol. The Hall–Kier alpha value is -1.32. The lowest BCUT2D eigenvalue weighted by atomic mass is 10.2. The zero-order valence-corrected chi connectivity index (χ0v) is 15.6. The van der Waals surface area contributed by atoms with Crippen LogP contribution in [0.25, 0.3) is 0 Å². The number of rotatable bonds is 8. The summed E-state index contributed by atoms with van der Waals surface area (Å²) >= 11 is 6.69. The summed E-state index contributed by atoms with van der Waals surface area (Å²) in [6.07, 6.45) is 1.69. The number of imidazole rings is 1. The number of thiocarbonyl (C=S) groups is 1. The van der Waals surface area contributed by atoms with Gasteiger partial charge in [-0.05, 0) is 39.9 Å². The molecule has 1 heterocycles. The molecule has 0 saturated heterocycles. The number of thioether (sulfide) groups is 1. The van der Waals surface area contributed by atoms with E-state index in [1.165, 1.54) is 5.01 Å². The second-order valence-corrected chi connectivity index (χ2v) is 7.47. The number of nitrogens with one attached hydrogen (secondary N) is 2. The summed E-state index contributed by atoms with van der Waals surface area (Å²) in [7, 11) is 0. The van der Waals surface area contributed by atoms with Crippen molar-refractivity contribution < 1.29 is 9.53 Å². The lowest BCUT2D eigenvalue weighted by Crippen LogP contribution is -2.50. The summed E-state index contributed by atoms with van der Waals surface area (Å²) < 4.78 is 5.26. The van der Waals surface area contributed by atoms with E-state index in [0.29, 0.717) is 6.54 Å². The number of carbonyl (C=O) groups excluding carboxylic acids is 1. The number of ether oxygens (including phenoxy) is 1. The molecule has 9 heteroatoms. The molecule has 1 aromatic rings. The predicted molar refractivity (Wildman–Crippen MR) is 96.8 cm³/mol. The normalized spacial score (nSPS) is 11.3. The number of hydrogen-bond donors (Lipinski definition) is 3. The highest BCUT2D eigenvalue weighted by atomic mass is 32.2. The van der Waals surface area contributed by atoms with Crippen molar-refractivity contribution in [1.29, 1.82) is 0 Å². The molecule has 1 aromatic heterocycles. The Morgan fingerprint density at radius 2 is 2.26 bits per heavy atom. The molecule has 0 spiro atoms. The van der Waals surface area contributed by atoms with Crippen molar-refractivity contribution >= 4 is 35.1 Å². The third-order valence-corrected chi connectivity index (χ3v) is 3.89. The number of hydrazine groups is 1. The van der Waals surface area contributed by atoms with Crippen molar-refractivity contribution in [3.63, 3.8) is 0 Å². The van der Waals surface area contributed by atoms with Crippen molar-refractivity contribution in [2.75, 3.05) is 18.8 Å². The molecule has 0 aromatic carbocycles.